The molecule has 4 nitrogen and oxygen atoms in total. The number of unbranched alkanes of at least 4 members (excludes halogenated alkanes) is 2. The highest BCUT2D eigenvalue weighted by Gasteiger charge is 2.13. The van der Waals surface area contributed by atoms with Crippen LogP contribution in [0.2, 0.25) is 0 Å². The van der Waals surface area contributed by atoms with Crippen molar-refractivity contribution in [2.45, 2.75) is 19.3 Å². The van der Waals surface area contributed by atoms with Gasteiger partial charge in [0.25, 0.3) is 5.91 Å². The van der Waals surface area contributed by atoms with E-state index in [1.165, 1.54) is 0 Å². The van der Waals surface area contributed by atoms with Crippen molar-refractivity contribution >= 4 is 33.2 Å². The van der Waals surface area contributed by atoms with Gasteiger partial charge in [-0.25, -0.2) is 0 Å². The van der Waals surface area contributed by atoms with E-state index in [0.717, 1.165) is 29.5 Å². The molecule has 0 aliphatic carbocycles. The smallest absolute Gasteiger partial charge is 0.273 e. The van der Waals surface area contributed by atoms with E-state index in [-0.39, 0.29) is 5.91 Å². The lowest BCUT2D eigenvalue weighted by molar-refractivity contribution is 0.0944. The lowest BCUT2D eigenvalue weighted by Crippen LogP contribution is -2.24. The Kier molecular flexibility index (Phi) is 5.60. The van der Waals surface area contributed by atoms with Crippen molar-refractivity contribution in [3.63, 3.8) is 0 Å². The molecule has 19 heavy (non-hydrogen) atoms. The molecule has 0 aromatic carbocycles. The number of halogens is 1. The van der Waals surface area contributed by atoms with Crippen LogP contribution in [-0.2, 0) is 0 Å². The number of hydrogen-bond donors (Lipinski definition) is 1. The third-order valence-corrected chi connectivity index (χ3v) is 4.05. The molecule has 0 unspecified atom stereocenters. The zero-order chi connectivity index (χ0) is 13.5. The minimum Gasteiger partial charge on any atom is -0.355 e. The van der Waals surface area contributed by atoms with E-state index in [4.69, 9.17) is 4.52 Å². The number of hydrogen-bond acceptors (Lipinski definition) is 4. The Balaban J connectivity index is 1.83. The van der Waals surface area contributed by atoms with Gasteiger partial charge >= 0.3 is 0 Å². The Hall–Kier alpha value is -1.14. The van der Waals surface area contributed by atoms with Crippen LogP contribution in [0.4, 0.5) is 0 Å². The van der Waals surface area contributed by atoms with E-state index >= 15 is 0 Å². The highest BCUT2D eigenvalue weighted by molar-refractivity contribution is 9.09. The molecular formula is C13H15BrN2O2S. The molecule has 6 heteroatoms. The molecule has 0 aliphatic rings. The number of alkyl halides is 1. The standard InChI is InChI=1S/C13H15BrN2O2S/c14-6-2-1-3-7-15-13(17)10-9-11(18-16-10)12-5-4-8-19-12/h4-5,8-9H,1-3,6-7H2,(H,15,17). The van der Waals surface area contributed by atoms with Crippen molar-refractivity contribution < 1.29 is 9.32 Å². The monoisotopic (exact) mass is 342 g/mol. The van der Waals surface area contributed by atoms with Crippen LogP contribution in [0.5, 0.6) is 0 Å². The molecule has 0 aliphatic heterocycles. The van der Waals surface area contributed by atoms with Gasteiger partial charge in [0.1, 0.15) is 0 Å². The summed E-state index contributed by atoms with van der Waals surface area (Å²) in [6.45, 7) is 0.674. The molecule has 2 heterocycles. The van der Waals surface area contributed by atoms with E-state index in [9.17, 15) is 4.79 Å². The summed E-state index contributed by atoms with van der Waals surface area (Å²) in [5.41, 5.74) is 0.337. The van der Waals surface area contributed by atoms with E-state index in [1.54, 1.807) is 17.4 Å². The number of nitrogens with zero attached hydrogens (tertiary/aromatic N) is 1. The fraction of sp³-hybridized carbons (Fsp3) is 0.385. The van der Waals surface area contributed by atoms with Crippen LogP contribution < -0.4 is 5.32 Å². The zero-order valence-electron chi connectivity index (χ0n) is 10.4. The maximum atomic E-state index is 11.8. The molecule has 0 bridgehead atoms. The predicted molar refractivity (Wildman–Crippen MR) is 79.8 cm³/mol. The first-order valence-electron chi connectivity index (χ1n) is 6.16. The molecule has 2 aromatic heterocycles. The van der Waals surface area contributed by atoms with Crippen molar-refractivity contribution in [2.75, 3.05) is 11.9 Å². The fourth-order valence-corrected chi connectivity index (χ4v) is 2.68. The van der Waals surface area contributed by atoms with Crippen LogP contribution >= 0.6 is 27.3 Å². The van der Waals surface area contributed by atoms with Crippen LogP contribution in [0.25, 0.3) is 10.6 Å². The Bertz CT molecular complexity index is 510. The van der Waals surface area contributed by atoms with Crippen molar-refractivity contribution in [2.24, 2.45) is 0 Å². The van der Waals surface area contributed by atoms with Crippen LogP contribution in [0, 0.1) is 0 Å². The average Bonchev–Trinajstić information content (AvgIpc) is 3.08. The van der Waals surface area contributed by atoms with Gasteiger partial charge in [-0.05, 0) is 24.3 Å². The number of nitrogens with one attached hydrogen (secondary N) is 1. The van der Waals surface area contributed by atoms with Gasteiger partial charge in [0, 0.05) is 17.9 Å². The summed E-state index contributed by atoms with van der Waals surface area (Å²) in [6.07, 6.45) is 3.21. The summed E-state index contributed by atoms with van der Waals surface area (Å²) >= 11 is 4.94. The summed E-state index contributed by atoms with van der Waals surface area (Å²) in [6, 6.07) is 5.55. The lowest BCUT2D eigenvalue weighted by Gasteiger charge is -2.01. The van der Waals surface area contributed by atoms with Gasteiger partial charge in [0.2, 0.25) is 0 Å². The van der Waals surface area contributed by atoms with Gasteiger partial charge in [-0.1, -0.05) is 33.6 Å². The maximum Gasteiger partial charge on any atom is 0.273 e. The van der Waals surface area contributed by atoms with Gasteiger partial charge in [0.05, 0.1) is 4.88 Å². The first kappa shape index (κ1) is 14.3. The Morgan fingerprint density at radius 2 is 2.32 bits per heavy atom. The minimum atomic E-state index is -0.176. The van der Waals surface area contributed by atoms with Gasteiger partial charge in [-0.15, -0.1) is 11.3 Å². The summed E-state index contributed by atoms with van der Waals surface area (Å²) in [4.78, 5) is 12.8. The molecule has 1 N–H and O–H groups in total. The van der Waals surface area contributed by atoms with Gasteiger partial charge in [-0.3, -0.25) is 4.79 Å². The molecule has 0 radical (unpaired) electrons. The summed E-state index contributed by atoms with van der Waals surface area (Å²) < 4.78 is 5.17. The Morgan fingerprint density at radius 3 is 3.05 bits per heavy atom. The summed E-state index contributed by atoms with van der Waals surface area (Å²) in [5.74, 6) is 0.463. The quantitative estimate of drug-likeness (QED) is 0.616. The molecule has 0 spiro atoms. The number of rotatable bonds is 7. The fourth-order valence-electron chi connectivity index (χ4n) is 1.61. The first-order valence-corrected chi connectivity index (χ1v) is 8.16. The maximum absolute atomic E-state index is 11.8. The normalized spacial score (nSPS) is 10.6. The van der Waals surface area contributed by atoms with Crippen LogP contribution in [0.3, 0.4) is 0 Å². The van der Waals surface area contributed by atoms with Gasteiger partial charge in [0.15, 0.2) is 11.5 Å². The number of thiophene rings is 1. The van der Waals surface area contributed by atoms with Gasteiger partial charge < -0.3 is 9.84 Å². The molecule has 2 aromatic rings. The largest absolute Gasteiger partial charge is 0.355 e. The number of carbonyl (C=O) groups excluding carboxylic acids is 1. The second kappa shape index (κ2) is 7.45. The van der Waals surface area contributed by atoms with Crippen molar-refractivity contribution in [3.05, 3.63) is 29.3 Å². The zero-order valence-corrected chi connectivity index (χ0v) is 12.8. The molecule has 0 saturated heterocycles. The summed E-state index contributed by atoms with van der Waals surface area (Å²) in [5, 5.41) is 9.61. The van der Waals surface area contributed by atoms with E-state index in [0.29, 0.717) is 18.0 Å². The second-order valence-electron chi connectivity index (χ2n) is 4.06. The minimum absolute atomic E-state index is 0.176. The highest BCUT2D eigenvalue weighted by Crippen LogP contribution is 2.24. The third-order valence-electron chi connectivity index (χ3n) is 2.60. The average molecular weight is 343 g/mol. The molecule has 2 rings (SSSR count). The molecule has 0 saturated carbocycles. The van der Waals surface area contributed by atoms with Crippen LogP contribution in [0.15, 0.2) is 28.1 Å². The third kappa shape index (κ3) is 4.18. The van der Waals surface area contributed by atoms with E-state index < -0.39 is 0 Å². The number of amides is 1. The molecule has 0 atom stereocenters. The van der Waals surface area contributed by atoms with Crippen LogP contribution in [0.1, 0.15) is 29.8 Å². The first-order chi connectivity index (χ1) is 9.31. The lowest BCUT2D eigenvalue weighted by atomic mass is 10.2. The topological polar surface area (TPSA) is 55.1 Å². The summed E-state index contributed by atoms with van der Waals surface area (Å²) in [7, 11) is 0. The van der Waals surface area contributed by atoms with E-state index in [2.05, 4.69) is 26.4 Å². The van der Waals surface area contributed by atoms with E-state index in [1.807, 2.05) is 17.5 Å². The van der Waals surface area contributed by atoms with Crippen molar-refractivity contribution in [1.82, 2.24) is 10.5 Å². The molecule has 1 amide bonds. The van der Waals surface area contributed by atoms with Gasteiger partial charge in [-0.2, -0.15) is 0 Å². The van der Waals surface area contributed by atoms with Crippen molar-refractivity contribution in [1.29, 1.82) is 0 Å². The predicted octanol–water partition coefficient (Wildman–Crippen LogP) is 3.70. The SMILES string of the molecule is O=C(NCCCCCBr)c1cc(-c2cccs2)on1. The Morgan fingerprint density at radius 1 is 1.42 bits per heavy atom. The number of aromatic nitrogens is 1. The van der Waals surface area contributed by atoms with Crippen LogP contribution in [-0.4, -0.2) is 22.9 Å². The number of carbonyl (C=O) groups is 1. The van der Waals surface area contributed by atoms with Crippen molar-refractivity contribution in [3.8, 4) is 10.6 Å². The molecular weight excluding hydrogens is 328 g/mol. The highest BCUT2D eigenvalue weighted by atomic mass is 79.9. The second-order valence-corrected chi connectivity index (χ2v) is 5.80. The molecule has 0 fully saturated rings. The molecule has 102 valence electrons. The Labute approximate surface area is 124 Å².